The Morgan fingerprint density at radius 3 is 2.42 bits per heavy atom. The van der Waals surface area contributed by atoms with Crippen molar-refractivity contribution in [2.24, 2.45) is 0 Å². The van der Waals surface area contributed by atoms with Gasteiger partial charge in [-0.1, -0.05) is 69.4 Å². The normalized spacial score (nSPS) is 18.5. The fourth-order valence-corrected chi connectivity index (χ4v) is 6.19. The molecular formula is C32H30N2O5S. The second-order valence-corrected chi connectivity index (χ2v) is 12.1. The standard InChI is InChI=1S/C32H30N2O5S/c1-5-18-6-12-22-25(16-18)40-31(33-22)34-27(19-7-10-21(11-8-19)32(2,3)4)26(29(36)30(34)37)28(35)20-9-13-23-24(17-20)39-15-14-38-23/h6-13,16-17,27,35H,5,14-15H2,1-4H3/b28-26+. The fourth-order valence-electron chi connectivity index (χ4n) is 5.14. The molecule has 0 bridgehead atoms. The number of benzene rings is 3. The highest BCUT2D eigenvalue weighted by Gasteiger charge is 2.48. The number of aliphatic hydroxyl groups excluding tert-OH is 1. The second-order valence-electron chi connectivity index (χ2n) is 11.1. The van der Waals surface area contributed by atoms with Crippen LogP contribution in [0.4, 0.5) is 5.13 Å². The van der Waals surface area contributed by atoms with Crippen molar-refractivity contribution < 1.29 is 24.2 Å². The summed E-state index contributed by atoms with van der Waals surface area (Å²) in [7, 11) is 0. The Hall–Kier alpha value is -4.17. The van der Waals surface area contributed by atoms with Crippen LogP contribution < -0.4 is 14.4 Å². The number of Topliss-reactive ketones (excluding diaryl/α,β-unsaturated/α-hetero) is 1. The molecule has 7 nitrogen and oxygen atoms in total. The number of nitrogens with zero attached hydrogens (tertiary/aromatic N) is 2. The van der Waals surface area contributed by atoms with E-state index >= 15 is 0 Å². The largest absolute Gasteiger partial charge is 0.507 e. The number of anilines is 1. The number of fused-ring (bicyclic) bond motifs is 2. The summed E-state index contributed by atoms with van der Waals surface area (Å²) < 4.78 is 12.2. The van der Waals surface area contributed by atoms with Gasteiger partial charge in [-0.15, -0.1) is 0 Å². The van der Waals surface area contributed by atoms with Crippen LogP contribution in [0.25, 0.3) is 16.0 Å². The van der Waals surface area contributed by atoms with E-state index in [9.17, 15) is 14.7 Å². The number of ether oxygens (including phenoxy) is 2. The summed E-state index contributed by atoms with van der Waals surface area (Å²) >= 11 is 1.36. The maximum absolute atomic E-state index is 13.6. The zero-order chi connectivity index (χ0) is 28.2. The molecule has 0 saturated carbocycles. The lowest BCUT2D eigenvalue weighted by Crippen LogP contribution is -2.29. The van der Waals surface area contributed by atoms with E-state index in [1.54, 1.807) is 18.2 Å². The number of ketones is 1. The third-order valence-corrected chi connectivity index (χ3v) is 8.43. The SMILES string of the molecule is CCc1ccc2nc(N3C(=O)C(=O)/C(=C(/O)c4ccc5c(c4)OCCO5)C3c3ccc(C(C)(C)C)cc3)sc2c1. The summed E-state index contributed by atoms with van der Waals surface area (Å²) in [5.41, 5.74) is 4.06. The van der Waals surface area contributed by atoms with Crippen LogP contribution in [0.3, 0.4) is 0 Å². The summed E-state index contributed by atoms with van der Waals surface area (Å²) in [6, 6.07) is 18.0. The molecule has 3 heterocycles. The maximum atomic E-state index is 13.6. The minimum Gasteiger partial charge on any atom is -0.507 e. The molecule has 6 rings (SSSR count). The van der Waals surface area contributed by atoms with Crippen molar-refractivity contribution in [3.8, 4) is 11.5 Å². The zero-order valence-corrected chi connectivity index (χ0v) is 23.7. The minimum atomic E-state index is -0.853. The first-order chi connectivity index (χ1) is 19.2. The molecule has 2 aliphatic heterocycles. The van der Waals surface area contributed by atoms with Gasteiger partial charge in [0.25, 0.3) is 5.78 Å². The van der Waals surface area contributed by atoms with Crippen molar-refractivity contribution in [1.82, 2.24) is 4.98 Å². The molecule has 1 saturated heterocycles. The predicted molar refractivity (Wildman–Crippen MR) is 156 cm³/mol. The van der Waals surface area contributed by atoms with E-state index in [1.165, 1.54) is 16.2 Å². The first kappa shape index (κ1) is 26.1. The lowest BCUT2D eigenvalue weighted by atomic mass is 9.85. The highest BCUT2D eigenvalue weighted by atomic mass is 32.1. The third kappa shape index (κ3) is 4.42. The third-order valence-electron chi connectivity index (χ3n) is 7.41. The molecule has 1 aromatic heterocycles. The molecule has 3 aromatic carbocycles. The molecule has 1 fully saturated rings. The Balaban J connectivity index is 1.52. The van der Waals surface area contributed by atoms with E-state index in [0.29, 0.717) is 41.0 Å². The van der Waals surface area contributed by atoms with Crippen LogP contribution in [0.15, 0.2) is 66.2 Å². The fraction of sp³-hybridized carbons (Fsp3) is 0.281. The van der Waals surface area contributed by atoms with E-state index in [-0.39, 0.29) is 16.7 Å². The molecular weight excluding hydrogens is 524 g/mol. The molecule has 0 spiro atoms. The lowest BCUT2D eigenvalue weighted by Gasteiger charge is -2.25. The highest BCUT2D eigenvalue weighted by molar-refractivity contribution is 7.22. The number of aryl methyl sites for hydroxylation is 1. The van der Waals surface area contributed by atoms with Crippen LogP contribution in [0.1, 0.15) is 56.0 Å². The number of hydrogen-bond acceptors (Lipinski definition) is 7. The number of thiazole rings is 1. The Morgan fingerprint density at radius 1 is 1.00 bits per heavy atom. The van der Waals surface area contributed by atoms with Crippen molar-refractivity contribution >= 4 is 44.1 Å². The average Bonchev–Trinajstić information content (AvgIpc) is 3.49. The van der Waals surface area contributed by atoms with Crippen LogP contribution in [-0.4, -0.2) is 35.0 Å². The van der Waals surface area contributed by atoms with Gasteiger partial charge in [-0.2, -0.15) is 0 Å². The van der Waals surface area contributed by atoms with Gasteiger partial charge in [0.15, 0.2) is 16.6 Å². The Morgan fingerprint density at radius 2 is 1.73 bits per heavy atom. The number of hydrogen-bond donors (Lipinski definition) is 1. The van der Waals surface area contributed by atoms with E-state index in [0.717, 1.165) is 27.8 Å². The van der Waals surface area contributed by atoms with Gasteiger partial charge in [-0.3, -0.25) is 14.5 Å². The second kappa shape index (κ2) is 9.78. The number of carbonyl (C=O) groups is 2. The van der Waals surface area contributed by atoms with Gasteiger partial charge < -0.3 is 14.6 Å². The first-order valence-corrected chi connectivity index (χ1v) is 14.2. The quantitative estimate of drug-likeness (QED) is 0.175. The van der Waals surface area contributed by atoms with Gasteiger partial charge in [0.05, 0.1) is 21.8 Å². The van der Waals surface area contributed by atoms with Crippen LogP contribution >= 0.6 is 11.3 Å². The van der Waals surface area contributed by atoms with Crippen molar-refractivity contribution in [2.75, 3.05) is 18.1 Å². The molecule has 0 radical (unpaired) electrons. The summed E-state index contributed by atoms with van der Waals surface area (Å²) in [6.07, 6.45) is 0.878. The topological polar surface area (TPSA) is 89.0 Å². The number of rotatable bonds is 4. The summed E-state index contributed by atoms with van der Waals surface area (Å²) in [6.45, 7) is 9.29. The van der Waals surface area contributed by atoms with E-state index in [1.807, 2.05) is 36.4 Å². The van der Waals surface area contributed by atoms with Gasteiger partial charge in [-0.25, -0.2) is 4.98 Å². The van der Waals surface area contributed by atoms with Gasteiger partial charge in [0.1, 0.15) is 19.0 Å². The summed E-state index contributed by atoms with van der Waals surface area (Å²) in [4.78, 5) is 33.4. The van der Waals surface area contributed by atoms with Crippen LogP contribution in [0, 0.1) is 0 Å². The molecule has 0 aliphatic carbocycles. The Bertz CT molecular complexity index is 1680. The molecule has 40 heavy (non-hydrogen) atoms. The molecule has 1 atom stereocenters. The summed E-state index contributed by atoms with van der Waals surface area (Å²) in [5, 5.41) is 12.0. The van der Waals surface area contributed by atoms with Crippen molar-refractivity contribution in [1.29, 1.82) is 0 Å². The van der Waals surface area contributed by atoms with Crippen LogP contribution in [0.5, 0.6) is 11.5 Å². The van der Waals surface area contributed by atoms with Crippen LogP contribution in [-0.2, 0) is 21.4 Å². The number of aromatic nitrogens is 1. The first-order valence-electron chi connectivity index (χ1n) is 13.4. The number of aliphatic hydroxyl groups is 1. The number of carbonyl (C=O) groups excluding carboxylic acids is 2. The number of amides is 1. The molecule has 204 valence electrons. The van der Waals surface area contributed by atoms with Crippen molar-refractivity contribution in [3.63, 3.8) is 0 Å². The average molecular weight is 555 g/mol. The summed E-state index contributed by atoms with van der Waals surface area (Å²) in [5.74, 6) is -0.700. The van der Waals surface area contributed by atoms with E-state index in [2.05, 4.69) is 33.8 Å². The van der Waals surface area contributed by atoms with Gasteiger partial charge >= 0.3 is 5.91 Å². The lowest BCUT2D eigenvalue weighted by molar-refractivity contribution is -0.132. The van der Waals surface area contributed by atoms with Crippen LogP contribution in [0.2, 0.25) is 0 Å². The molecule has 1 N–H and O–H groups in total. The molecule has 1 unspecified atom stereocenters. The molecule has 4 aromatic rings. The van der Waals surface area contributed by atoms with E-state index < -0.39 is 17.7 Å². The highest BCUT2D eigenvalue weighted by Crippen LogP contribution is 2.45. The van der Waals surface area contributed by atoms with Gasteiger partial charge in [0.2, 0.25) is 0 Å². The minimum absolute atomic E-state index is 0.0127. The van der Waals surface area contributed by atoms with Crippen molar-refractivity contribution in [2.45, 2.75) is 45.6 Å². The zero-order valence-electron chi connectivity index (χ0n) is 22.9. The maximum Gasteiger partial charge on any atom is 0.301 e. The Kier molecular flexibility index (Phi) is 6.38. The van der Waals surface area contributed by atoms with Crippen molar-refractivity contribution in [3.05, 3.63) is 88.5 Å². The predicted octanol–water partition coefficient (Wildman–Crippen LogP) is 6.55. The van der Waals surface area contributed by atoms with Gasteiger partial charge in [0, 0.05) is 5.56 Å². The van der Waals surface area contributed by atoms with Gasteiger partial charge in [-0.05, 0) is 58.9 Å². The Labute approximate surface area is 236 Å². The van der Waals surface area contributed by atoms with E-state index in [4.69, 9.17) is 14.5 Å². The monoisotopic (exact) mass is 554 g/mol. The smallest absolute Gasteiger partial charge is 0.301 e. The molecule has 2 aliphatic rings. The molecule has 8 heteroatoms. The molecule has 1 amide bonds.